The number of hydrogen-bond donors (Lipinski definition) is 1. The number of aromatic hydroxyl groups is 1. The largest absolute Gasteiger partial charge is 0.508 e. The van der Waals surface area contributed by atoms with E-state index in [1.54, 1.807) is 0 Å². The molecule has 2 aliphatic rings. The molecule has 3 unspecified atom stereocenters. The first kappa shape index (κ1) is 14.9. The van der Waals surface area contributed by atoms with Crippen LogP contribution in [0.4, 0.5) is 0 Å². The first-order valence-corrected chi connectivity index (χ1v) is 8.48. The number of fused-ring (bicyclic) bond motifs is 1. The van der Waals surface area contributed by atoms with Crippen molar-refractivity contribution in [2.24, 2.45) is 0 Å². The molecule has 0 amide bonds. The van der Waals surface area contributed by atoms with Crippen molar-refractivity contribution in [1.29, 1.82) is 0 Å². The van der Waals surface area contributed by atoms with E-state index in [9.17, 15) is 5.11 Å². The molecule has 3 nitrogen and oxygen atoms in total. The molecule has 2 saturated heterocycles. The van der Waals surface area contributed by atoms with Crippen molar-refractivity contribution in [1.82, 2.24) is 9.80 Å². The van der Waals surface area contributed by atoms with Gasteiger partial charge in [-0.3, -0.25) is 9.80 Å². The Balaban J connectivity index is 1.81. The van der Waals surface area contributed by atoms with Gasteiger partial charge in [0.05, 0.1) is 0 Å². The molecule has 3 atom stereocenters. The zero-order valence-electron chi connectivity index (χ0n) is 13.3. The smallest absolute Gasteiger partial charge is 0.120 e. The van der Waals surface area contributed by atoms with Gasteiger partial charge in [0, 0.05) is 36.8 Å². The molecule has 21 heavy (non-hydrogen) atoms. The number of hydrogen-bond acceptors (Lipinski definition) is 3. The molecule has 3 rings (SSSR count). The van der Waals surface area contributed by atoms with Crippen LogP contribution in [0.1, 0.15) is 51.1 Å². The second kappa shape index (κ2) is 6.37. The number of phenols is 1. The third-order valence-electron chi connectivity index (χ3n) is 5.32. The summed E-state index contributed by atoms with van der Waals surface area (Å²) in [4.78, 5) is 5.31. The normalized spacial score (nSPS) is 29.0. The van der Waals surface area contributed by atoms with E-state index in [-0.39, 0.29) is 0 Å². The van der Waals surface area contributed by atoms with Crippen molar-refractivity contribution in [2.75, 3.05) is 19.6 Å². The predicted molar refractivity (Wildman–Crippen MR) is 86.5 cm³/mol. The van der Waals surface area contributed by atoms with E-state index in [1.165, 1.54) is 32.4 Å². The Bertz CT molecular complexity index is 476. The van der Waals surface area contributed by atoms with E-state index in [1.807, 2.05) is 18.2 Å². The van der Waals surface area contributed by atoms with Gasteiger partial charge in [-0.1, -0.05) is 31.5 Å². The Morgan fingerprint density at radius 3 is 2.81 bits per heavy atom. The molecule has 0 radical (unpaired) electrons. The summed E-state index contributed by atoms with van der Waals surface area (Å²) in [6.07, 6.45) is 5.12. The van der Waals surface area contributed by atoms with Crippen LogP contribution in [-0.2, 0) is 0 Å². The Hall–Kier alpha value is -1.06. The van der Waals surface area contributed by atoms with Gasteiger partial charge in [0.1, 0.15) is 5.75 Å². The van der Waals surface area contributed by atoms with Crippen LogP contribution >= 0.6 is 0 Å². The topological polar surface area (TPSA) is 26.7 Å². The van der Waals surface area contributed by atoms with Crippen molar-refractivity contribution in [3.63, 3.8) is 0 Å². The van der Waals surface area contributed by atoms with Crippen molar-refractivity contribution in [2.45, 2.75) is 57.7 Å². The van der Waals surface area contributed by atoms with Crippen molar-refractivity contribution < 1.29 is 5.11 Å². The van der Waals surface area contributed by atoms with Crippen LogP contribution < -0.4 is 0 Å². The average molecular weight is 288 g/mol. The van der Waals surface area contributed by atoms with Gasteiger partial charge in [-0.05, 0) is 38.8 Å². The Morgan fingerprint density at radius 2 is 2.05 bits per heavy atom. The summed E-state index contributed by atoms with van der Waals surface area (Å²) in [6.45, 7) is 8.17. The molecule has 0 bridgehead atoms. The summed E-state index contributed by atoms with van der Waals surface area (Å²) in [5.74, 6) is 0.447. The standard InChI is InChI=1S/C18H28N2O/c1-3-17(16-9-4-5-10-18(16)21)20-13-15-8-6-7-11-19(15)12-14(20)2/h4-5,9-10,14-15,17,21H,3,6-8,11-13H2,1-2H3. The van der Waals surface area contributed by atoms with Gasteiger partial charge in [-0.2, -0.15) is 0 Å². The van der Waals surface area contributed by atoms with Gasteiger partial charge >= 0.3 is 0 Å². The molecule has 0 aliphatic carbocycles. The maximum Gasteiger partial charge on any atom is 0.120 e. The van der Waals surface area contributed by atoms with Gasteiger partial charge in [0.2, 0.25) is 0 Å². The van der Waals surface area contributed by atoms with Crippen molar-refractivity contribution >= 4 is 0 Å². The summed E-state index contributed by atoms with van der Waals surface area (Å²) >= 11 is 0. The molecule has 1 aromatic carbocycles. The number of nitrogens with zero attached hydrogens (tertiary/aromatic N) is 2. The highest BCUT2D eigenvalue weighted by Gasteiger charge is 2.36. The van der Waals surface area contributed by atoms with Gasteiger partial charge < -0.3 is 5.11 Å². The van der Waals surface area contributed by atoms with Gasteiger partial charge in [-0.15, -0.1) is 0 Å². The van der Waals surface area contributed by atoms with Crippen molar-refractivity contribution in [3.8, 4) is 5.75 Å². The fraction of sp³-hybridized carbons (Fsp3) is 0.667. The summed E-state index contributed by atoms with van der Waals surface area (Å²) in [5.41, 5.74) is 1.09. The lowest BCUT2D eigenvalue weighted by atomic mass is 9.93. The molecule has 0 saturated carbocycles. The zero-order chi connectivity index (χ0) is 14.8. The lowest BCUT2D eigenvalue weighted by Gasteiger charge is -2.50. The van der Waals surface area contributed by atoms with Crippen LogP contribution in [0.2, 0.25) is 0 Å². The summed E-state index contributed by atoms with van der Waals surface area (Å²) in [6, 6.07) is 9.47. The maximum atomic E-state index is 10.2. The average Bonchev–Trinajstić information content (AvgIpc) is 2.50. The molecule has 2 heterocycles. The molecule has 1 N–H and O–H groups in total. The highest BCUT2D eigenvalue weighted by atomic mass is 16.3. The summed E-state index contributed by atoms with van der Waals surface area (Å²) in [7, 11) is 0. The summed E-state index contributed by atoms with van der Waals surface area (Å²) in [5, 5.41) is 10.2. The number of para-hydroxylation sites is 1. The van der Waals surface area contributed by atoms with E-state index in [0.717, 1.165) is 24.6 Å². The maximum absolute atomic E-state index is 10.2. The molecular formula is C18H28N2O. The number of piperidine rings is 1. The number of benzene rings is 1. The molecule has 0 spiro atoms. The second-order valence-corrected chi connectivity index (χ2v) is 6.67. The van der Waals surface area contributed by atoms with Gasteiger partial charge in [0.15, 0.2) is 0 Å². The molecule has 1 aromatic rings. The van der Waals surface area contributed by atoms with E-state index in [0.29, 0.717) is 17.8 Å². The minimum Gasteiger partial charge on any atom is -0.508 e. The predicted octanol–water partition coefficient (Wildman–Crippen LogP) is 3.40. The monoisotopic (exact) mass is 288 g/mol. The van der Waals surface area contributed by atoms with Crippen LogP contribution in [-0.4, -0.2) is 46.6 Å². The first-order chi connectivity index (χ1) is 10.2. The quantitative estimate of drug-likeness (QED) is 0.923. The lowest BCUT2D eigenvalue weighted by molar-refractivity contribution is -0.00990. The molecule has 2 aliphatic heterocycles. The molecule has 3 heteroatoms. The Labute approximate surface area is 128 Å². The van der Waals surface area contributed by atoms with E-state index < -0.39 is 0 Å². The minimum absolute atomic E-state index is 0.338. The van der Waals surface area contributed by atoms with Crippen LogP contribution in [0.5, 0.6) is 5.75 Å². The Morgan fingerprint density at radius 1 is 1.24 bits per heavy atom. The molecule has 116 valence electrons. The lowest BCUT2D eigenvalue weighted by Crippen LogP contribution is -2.59. The fourth-order valence-corrected chi connectivity index (χ4v) is 4.21. The Kier molecular flexibility index (Phi) is 4.51. The van der Waals surface area contributed by atoms with Crippen LogP contribution in [0.15, 0.2) is 24.3 Å². The van der Waals surface area contributed by atoms with E-state index in [4.69, 9.17) is 0 Å². The number of rotatable bonds is 3. The first-order valence-electron chi connectivity index (χ1n) is 8.48. The zero-order valence-corrected chi connectivity index (χ0v) is 13.3. The third-order valence-corrected chi connectivity index (χ3v) is 5.32. The van der Waals surface area contributed by atoms with E-state index >= 15 is 0 Å². The fourth-order valence-electron chi connectivity index (χ4n) is 4.21. The SMILES string of the molecule is CCC(c1ccccc1O)N1CC2CCCCN2CC1C. The minimum atomic E-state index is 0.338. The number of piperazine rings is 1. The highest BCUT2D eigenvalue weighted by molar-refractivity contribution is 5.34. The second-order valence-electron chi connectivity index (χ2n) is 6.67. The molecule has 2 fully saturated rings. The van der Waals surface area contributed by atoms with Gasteiger partial charge in [0.25, 0.3) is 0 Å². The summed E-state index contributed by atoms with van der Waals surface area (Å²) < 4.78 is 0. The van der Waals surface area contributed by atoms with Crippen LogP contribution in [0.3, 0.4) is 0 Å². The van der Waals surface area contributed by atoms with Crippen LogP contribution in [0.25, 0.3) is 0 Å². The van der Waals surface area contributed by atoms with Crippen molar-refractivity contribution in [3.05, 3.63) is 29.8 Å². The highest BCUT2D eigenvalue weighted by Crippen LogP contribution is 2.35. The third kappa shape index (κ3) is 2.95. The van der Waals surface area contributed by atoms with E-state index in [2.05, 4.69) is 29.7 Å². The molecule has 0 aromatic heterocycles. The van der Waals surface area contributed by atoms with Gasteiger partial charge in [-0.25, -0.2) is 0 Å². The molecular weight excluding hydrogens is 260 g/mol. The van der Waals surface area contributed by atoms with Crippen LogP contribution in [0, 0.1) is 0 Å². The number of phenolic OH excluding ortho intramolecular Hbond substituents is 1.